The molecule has 0 aromatic carbocycles. The predicted octanol–water partition coefficient (Wildman–Crippen LogP) is -0.320. The summed E-state index contributed by atoms with van der Waals surface area (Å²) in [5.74, 6) is -0.842. The molecule has 0 radical (unpaired) electrons. The highest BCUT2D eigenvalue weighted by Gasteiger charge is 2.11. The lowest BCUT2D eigenvalue weighted by Crippen LogP contribution is -2.15. The van der Waals surface area contributed by atoms with Gasteiger partial charge in [-0.2, -0.15) is 0 Å². The number of hydrogen-bond acceptors (Lipinski definition) is 4. The molecule has 0 aliphatic carbocycles. The largest absolute Gasteiger partial charge is 0.481 e. The van der Waals surface area contributed by atoms with Crippen molar-refractivity contribution in [3.05, 3.63) is 11.9 Å². The third-order valence-corrected chi connectivity index (χ3v) is 1.80. The zero-order chi connectivity index (χ0) is 9.84. The molecule has 0 bridgehead atoms. The Morgan fingerprint density at radius 3 is 3.00 bits per heavy atom. The van der Waals surface area contributed by atoms with Gasteiger partial charge in [-0.05, 0) is 6.42 Å². The van der Waals surface area contributed by atoms with Crippen LogP contribution in [0.4, 0.5) is 0 Å². The first-order valence-electron chi connectivity index (χ1n) is 3.93. The Morgan fingerprint density at radius 1 is 1.85 bits per heavy atom. The fourth-order valence-corrected chi connectivity index (χ4v) is 1.06. The van der Waals surface area contributed by atoms with E-state index in [-0.39, 0.29) is 12.5 Å². The van der Waals surface area contributed by atoms with Gasteiger partial charge in [0, 0.05) is 19.5 Å². The SMILES string of the molecule is Cn1nncc1C(N)CCC(=O)O. The van der Waals surface area contributed by atoms with E-state index in [4.69, 9.17) is 10.8 Å². The maximum absolute atomic E-state index is 10.3. The van der Waals surface area contributed by atoms with E-state index >= 15 is 0 Å². The van der Waals surface area contributed by atoms with Crippen LogP contribution >= 0.6 is 0 Å². The number of carboxylic acids is 1. The van der Waals surface area contributed by atoms with E-state index in [1.54, 1.807) is 17.9 Å². The van der Waals surface area contributed by atoms with Crippen LogP contribution in [-0.2, 0) is 11.8 Å². The lowest BCUT2D eigenvalue weighted by atomic mass is 10.1. The summed E-state index contributed by atoms with van der Waals surface area (Å²) in [5.41, 5.74) is 6.48. The summed E-state index contributed by atoms with van der Waals surface area (Å²) in [7, 11) is 1.73. The summed E-state index contributed by atoms with van der Waals surface area (Å²) in [4.78, 5) is 10.3. The molecule has 13 heavy (non-hydrogen) atoms. The van der Waals surface area contributed by atoms with E-state index in [0.717, 1.165) is 5.69 Å². The molecule has 0 aliphatic rings. The van der Waals surface area contributed by atoms with Crippen LogP contribution in [0, 0.1) is 0 Å². The second-order valence-electron chi connectivity index (χ2n) is 2.82. The number of hydrogen-bond donors (Lipinski definition) is 2. The molecule has 3 N–H and O–H groups in total. The molecule has 0 spiro atoms. The average Bonchev–Trinajstić information content (AvgIpc) is 2.47. The summed E-state index contributed by atoms with van der Waals surface area (Å²) in [6, 6.07) is -0.309. The summed E-state index contributed by atoms with van der Waals surface area (Å²) < 4.78 is 1.55. The highest BCUT2D eigenvalue weighted by atomic mass is 16.4. The number of nitrogens with zero attached hydrogens (tertiary/aromatic N) is 3. The second-order valence-corrected chi connectivity index (χ2v) is 2.82. The predicted molar refractivity (Wildman–Crippen MR) is 44.8 cm³/mol. The minimum Gasteiger partial charge on any atom is -0.481 e. The lowest BCUT2D eigenvalue weighted by Gasteiger charge is -2.08. The third kappa shape index (κ3) is 2.51. The number of carbonyl (C=O) groups is 1. The molecular formula is C7H12N4O2. The quantitative estimate of drug-likeness (QED) is 0.668. The number of nitrogens with two attached hydrogens (primary N) is 1. The van der Waals surface area contributed by atoms with Gasteiger partial charge in [0.2, 0.25) is 0 Å². The summed E-state index contributed by atoms with van der Waals surface area (Å²) in [6.45, 7) is 0. The van der Waals surface area contributed by atoms with Crippen molar-refractivity contribution in [2.45, 2.75) is 18.9 Å². The topological polar surface area (TPSA) is 94.0 Å². The van der Waals surface area contributed by atoms with Crippen molar-refractivity contribution < 1.29 is 9.90 Å². The number of aliphatic carboxylic acids is 1. The highest BCUT2D eigenvalue weighted by Crippen LogP contribution is 2.12. The van der Waals surface area contributed by atoms with Gasteiger partial charge in [0.1, 0.15) is 0 Å². The van der Waals surface area contributed by atoms with Crippen molar-refractivity contribution in [3.8, 4) is 0 Å². The van der Waals surface area contributed by atoms with Gasteiger partial charge in [-0.15, -0.1) is 5.10 Å². The molecule has 6 nitrogen and oxygen atoms in total. The molecule has 72 valence electrons. The molecule has 0 aliphatic heterocycles. The zero-order valence-electron chi connectivity index (χ0n) is 7.34. The molecule has 0 amide bonds. The van der Waals surface area contributed by atoms with Crippen LogP contribution in [0.2, 0.25) is 0 Å². The smallest absolute Gasteiger partial charge is 0.303 e. The van der Waals surface area contributed by atoms with Crippen molar-refractivity contribution in [1.29, 1.82) is 0 Å². The van der Waals surface area contributed by atoms with Gasteiger partial charge in [0.15, 0.2) is 0 Å². The van der Waals surface area contributed by atoms with Gasteiger partial charge in [0.25, 0.3) is 0 Å². The number of rotatable bonds is 4. The van der Waals surface area contributed by atoms with Gasteiger partial charge in [-0.25, -0.2) is 0 Å². The molecule has 0 saturated carbocycles. The Balaban J connectivity index is 2.53. The van der Waals surface area contributed by atoms with Gasteiger partial charge in [-0.1, -0.05) is 5.21 Å². The molecule has 1 aromatic rings. The maximum atomic E-state index is 10.3. The first kappa shape index (κ1) is 9.66. The van der Waals surface area contributed by atoms with Crippen molar-refractivity contribution in [2.24, 2.45) is 12.8 Å². The van der Waals surface area contributed by atoms with E-state index < -0.39 is 5.97 Å². The Hall–Kier alpha value is -1.43. The normalized spacial score (nSPS) is 12.8. The van der Waals surface area contributed by atoms with Crippen molar-refractivity contribution in [3.63, 3.8) is 0 Å². The van der Waals surface area contributed by atoms with Gasteiger partial charge >= 0.3 is 5.97 Å². The van der Waals surface area contributed by atoms with Crippen LogP contribution in [0.3, 0.4) is 0 Å². The molecule has 1 aromatic heterocycles. The Bertz CT molecular complexity index is 296. The zero-order valence-corrected chi connectivity index (χ0v) is 7.34. The number of aromatic nitrogens is 3. The molecular weight excluding hydrogens is 172 g/mol. The van der Waals surface area contributed by atoms with Crippen LogP contribution in [0.1, 0.15) is 24.6 Å². The van der Waals surface area contributed by atoms with Crippen LogP contribution in [0.25, 0.3) is 0 Å². The molecule has 1 heterocycles. The van der Waals surface area contributed by atoms with Gasteiger partial charge in [0.05, 0.1) is 11.9 Å². The Morgan fingerprint density at radius 2 is 2.54 bits per heavy atom. The van der Waals surface area contributed by atoms with E-state index in [1.165, 1.54) is 0 Å². The third-order valence-electron chi connectivity index (χ3n) is 1.80. The second kappa shape index (κ2) is 3.99. The number of aryl methyl sites for hydroxylation is 1. The van der Waals surface area contributed by atoms with E-state index in [2.05, 4.69) is 10.3 Å². The van der Waals surface area contributed by atoms with Crippen molar-refractivity contribution >= 4 is 5.97 Å². The Labute approximate surface area is 75.3 Å². The molecule has 1 atom stereocenters. The first-order chi connectivity index (χ1) is 6.11. The fourth-order valence-electron chi connectivity index (χ4n) is 1.06. The summed E-state index contributed by atoms with van der Waals surface area (Å²) in [5, 5.41) is 15.8. The minimum absolute atomic E-state index is 0.0619. The molecule has 1 unspecified atom stereocenters. The molecule has 1 rings (SSSR count). The van der Waals surface area contributed by atoms with Crippen molar-refractivity contribution in [2.75, 3.05) is 0 Å². The molecule has 6 heteroatoms. The Kier molecular flexibility index (Phi) is 2.97. The van der Waals surface area contributed by atoms with E-state index in [9.17, 15) is 4.79 Å². The fraction of sp³-hybridized carbons (Fsp3) is 0.571. The van der Waals surface area contributed by atoms with E-state index in [0.29, 0.717) is 6.42 Å². The highest BCUT2D eigenvalue weighted by molar-refractivity contribution is 5.66. The molecule has 0 fully saturated rings. The summed E-state index contributed by atoms with van der Waals surface area (Å²) >= 11 is 0. The minimum atomic E-state index is -0.842. The van der Waals surface area contributed by atoms with Crippen LogP contribution in [0.15, 0.2) is 6.20 Å². The maximum Gasteiger partial charge on any atom is 0.303 e. The van der Waals surface area contributed by atoms with Gasteiger partial charge < -0.3 is 10.8 Å². The van der Waals surface area contributed by atoms with Crippen LogP contribution < -0.4 is 5.73 Å². The van der Waals surface area contributed by atoms with Crippen molar-refractivity contribution in [1.82, 2.24) is 15.0 Å². The average molecular weight is 184 g/mol. The summed E-state index contributed by atoms with van der Waals surface area (Å²) in [6.07, 6.45) is 2.01. The standard InChI is InChI=1S/C7H12N4O2/c1-11-6(4-9-10-11)5(8)2-3-7(12)13/h4-5H,2-3,8H2,1H3,(H,12,13). The first-order valence-corrected chi connectivity index (χ1v) is 3.93. The van der Waals surface area contributed by atoms with Crippen LogP contribution in [-0.4, -0.2) is 26.1 Å². The number of carboxylic acid groups (broad SMARTS) is 1. The lowest BCUT2D eigenvalue weighted by molar-refractivity contribution is -0.137. The van der Waals surface area contributed by atoms with Gasteiger partial charge in [-0.3, -0.25) is 9.48 Å². The van der Waals surface area contributed by atoms with E-state index in [1.807, 2.05) is 0 Å². The monoisotopic (exact) mass is 184 g/mol. The molecule has 0 saturated heterocycles. The van der Waals surface area contributed by atoms with Crippen LogP contribution in [0.5, 0.6) is 0 Å².